The zero-order valence-electron chi connectivity index (χ0n) is 11.0. The largest absolute Gasteiger partial charge is 0.395 e. The van der Waals surface area contributed by atoms with E-state index in [2.05, 4.69) is 10.4 Å². The minimum Gasteiger partial charge on any atom is -0.395 e. The number of nitrogens with two attached hydrogens (primary N) is 1. The van der Waals surface area contributed by atoms with Crippen LogP contribution in [0.25, 0.3) is 0 Å². The number of nitrogens with zero attached hydrogens (tertiary/aromatic N) is 2. The van der Waals surface area contributed by atoms with E-state index in [9.17, 15) is 4.79 Å². The van der Waals surface area contributed by atoms with Crippen LogP contribution in [-0.4, -0.2) is 15.7 Å². The van der Waals surface area contributed by atoms with E-state index < -0.39 is 0 Å². The van der Waals surface area contributed by atoms with Crippen molar-refractivity contribution in [1.29, 1.82) is 0 Å². The quantitative estimate of drug-likeness (QED) is 0.886. The second-order valence-corrected chi connectivity index (χ2v) is 4.75. The highest BCUT2D eigenvalue weighted by atomic mass is 35.5. The average Bonchev–Trinajstić information content (AvgIpc) is 2.59. The SMILES string of the molecule is Cc1nn(C)c(C(=O)Nc2cccc(Cl)c2C)c1N. The zero-order valence-corrected chi connectivity index (χ0v) is 11.7. The van der Waals surface area contributed by atoms with Gasteiger partial charge in [-0.3, -0.25) is 9.48 Å². The Balaban J connectivity index is 2.34. The van der Waals surface area contributed by atoms with Gasteiger partial charge in [-0.25, -0.2) is 0 Å². The van der Waals surface area contributed by atoms with Crippen molar-refractivity contribution >= 4 is 28.9 Å². The molecule has 0 atom stereocenters. The molecule has 0 aliphatic heterocycles. The fourth-order valence-corrected chi connectivity index (χ4v) is 2.04. The fraction of sp³-hybridized carbons (Fsp3) is 0.231. The fourth-order valence-electron chi connectivity index (χ4n) is 1.87. The molecule has 3 N–H and O–H groups in total. The Bertz CT molecular complexity index is 648. The van der Waals surface area contributed by atoms with Crippen molar-refractivity contribution in [2.45, 2.75) is 13.8 Å². The second kappa shape index (κ2) is 4.93. The number of benzene rings is 1. The summed E-state index contributed by atoms with van der Waals surface area (Å²) >= 11 is 6.02. The number of rotatable bonds is 2. The predicted octanol–water partition coefficient (Wildman–Crippen LogP) is 2.52. The highest BCUT2D eigenvalue weighted by molar-refractivity contribution is 6.31. The summed E-state index contributed by atoms with van der Waals surface area (Å²) in [5.74, 6) is -0.300. The van der Waals surface area contributed by atoms with Gasteiger partial charge in [0.05, 0.1) is 11.4 Å². The van der Waals surface area contributed by atoms with Gasteiger partial charge in [-0.15, -0.1) is 0 Å². The highest BCUT2D eigenvalue weighted by Crippen LogP contribution is 2.24. The molecular formula is C13H15ClN4O. The molecule has 0 bridgehead atoms. The summed E-state index contributed by atoms with van der Waals surface area (Å²) in [7, 11) is 1.68. The molecule has 0 saturated carbocycles. The van der Waals surface area contributed by atoms with Crippen molar-refractivity contribution in [2.24, 2.45) is 7.05 Å². The summed E-state index contributed by atoms with van der Waals surface area (Å²) in [4.78, 5) is 12.2. The number of carbonyl (C=O) groups is 1. The minimum absolute atomic E-state index is 0.300. The molecule has 2 aromatic rings. The van der Waals surface area contributed by atoms with Crippen LogP contribution < -0.4 is 11.1 Å². The molecule has 1 heterocycles. The Morgan fingerprint density at radius 3 is 2.68 bits per heavy atom. The third kappa shape index (κ3) is 2.42. The van der Waals surface area contributed by atoms with Gasteiger partial charge in [-0.05, 0) is 31.5 Å². The summed E-state index contributed by atoms with van der Waals surface area (Å²) in [6.45, 7) is 3.60. The molecule has 0 saturated heterocycles. The lowest BCUT2D eigenvalue weighted by atomic mass is 10.2. The summed E-state index contributed by atoms with van der Waals surface area (Å²) in [5.41, 5.74) is 8.70. The van der Waals surface area contributed by atoms with E-state index in [-0.39, 0.29) is 5.91 Å². The van der Waals surface area contributed by atoms with Crippen LogP contribution in [0.3, 0.4) is 0 Å². The number of hydrogen-bond acceptors (Lipinski definition) is 3. The van der Waals surface area contributed by atoms with Crippen LogP contribution in [0.5, 0.6) is 0 Å². The Hall–Kier alpha value is -2.01. The standard InChI is InChI=1S/C13H15ClN4O/c1-7-9(14)5-4-6-10(7)16-13(19)12-11(15)8(2)17-18(12)3/h4-6H,15H2,1-3H3,(H,16,19). The van der Waals surface area contributed by atoms with Crippen molar-refractivity contribution in [2.75, 3.05) is 11.1 Å². The van der Waals surface area contributed by atoms with Gasteiger partial charge in [0, 0.05) is 17.8 Å². The number of carbonyl (C=O) groups excluding carboxylic acids is 1. The van der Waals surface area contributed by atoms with Gasteiger partial charge < -0.3 is 11.1 Å². The van der Waals surface area contributed by atoms with E-state index in [1.54, 1.807) is 32.2 Å². The molecule has 1 aromatic heterocycles. The molecule has 1 amide bonds. The van der Waals surface area contributed by atoms with E-state index >= 15 is 0 Å². The van der Waals surface area contributed by atoms with Gasteiger partial charge in [-0.2, -0.15) is 5.10 Å². The third-order valence-electron chi connectivity index (χ3n) is 3.00. The number of anilines is 2. The monoisotopic (exact) mass is 278 g/mol. The number of aromatic nitrogens is 2. The maximum Gasteiger partial charge on any atom is 0.276 e. The number of hydrogen-bond donors (Lipinski definition) is 2. The number of halogens is 1. The zero-order chi connectivity index (χ0) is 14.2. The summed E-state index contributed by atoms with van der Waals surface area (Å²) in [5, 5.41) is 7.52. The first-order chi connectivity index (χ1) is 8.91. The molecule has 0 fully saturated rings. The molecule has 1 aromatic carbocycles. The van der Waals surface area contributed by atoms with Crippen molar-refractivity contribution in [3.05, 3.63) is 40.2 Å². The average molecular weight is 279 g/mol. The Morgan fingerprint density at radius 1 is 1.42 bits per heavy atom. The van der Waals surface area contributed by atoms with Gasteiger partial charge in [0.1, 0.15) is 5.69 Å². The van der Waals surface area contributed by atoms with E-state index in [0.29, 0.717) is 27.8 Å². The molecular weight excluding hydrogens is 264 g/mol. The molecule has 6 heteroatoms. The van der Waals surface area contributed by atoms with Crippen LogP contribution in [0.1, 0.15) is 21.7 Å². The molecule has 0 aliphatic carbocycles. The Kier molecular flexibility index (Phi) is 3.48. The molecule has 0 aliphatic rings. The first-order valence-corrected chi connectivity index (χ1v) is 6.15. The number of nitrogens with one attached hydrogen (secondary N) is 1. The lowest BCUT2D eigenvalue weighted by Gasteiger charge is -2.10. The first kappa shape index (κ1) is 13.4. The van der Waals surface area contributed by atoms with Crippen molar-refractivity contribution in [3.63, 3.8) is 0 Å². The maximum absolute atomic E-state index is 12.2. The van der Waals surface area contributed by atoms with E-state index in [1.165, 1.54) is 4.68 Å². The minimum atomic E-state index is -0.300. The summed E-state index contributed by atoms with van der Waals surface area (Å²) in [6, 6.07) is 5.34. The van der Waals surface area contributed by atoms with Crippen LogP contribution in [0.2, 0.25) is 5.02 Å². The van der Waals surface area contributed by atoms with Gasteiger partial charge in [0.15, 0.2) is 0 Å². The van der Waals surface area contributed by atoms with Crippen LogP contribution in [0.4, 0.5) is 11.4 Å². The van der Waals surface area contributed by atoms with E-state index in [4.69, 9.17) is 17.3 Å². The number of amides is 1. The molecule has 0 unspecified atom stereocenters. The molecule has 100 valence electrons. The van der Waals surface area contributed by atoms with Crippen molar-refractivity contribution < 1.29 is 4.79 Å². The summed E-state index contributed by atoms with van der Waals surface area (Å²) < 4.78 is 1.47. The first-order valence-electron chi connectivity index (χ1n) is 5.77. The molecule has 2 rings (SSSR count). The van der Waals surface area contributed by atoms with Gasteiger partial charge >= 0.3 is 0 Å². The Morgan fingerprint density at radius 2 is 2.11 bits per heavy atom. The van der Waals surface area contributed by atoms with E-state index in [1.807, 2.05) is 6.92 Å². The topological polar surface area (TPSA) is 72.9 Å². The lowest BCUT2D eigenvalue weighted by Crippen LogP contribution is -2.18. The summed E-state index contributed by atoms with van der Waals surface area (Å²) in [6.07, 6.45) is 0. The molecule has 0 radical (unpaired) electrons. The molecule has 0 spiro atoms. The van der Waals surface area contributed by atoms with Crippen LogP contribution in [0, 0.1) is 13.8 Å². The van der Waals surface area contributed by atoms with Crippen molar-refractivity contribution in [1.82, 2.24) is 9.78 Å². The highest BCUT2D eigenvalue weighted by Gasteiger charge is 2.18. The third-order valence-corrected chi connectivity index (χ3v) is 3.41. The van der Waals surface area contributed by atoms with Gasteiger partial charge in [0.25, 0.3) is 5.91 Å². The molecule has 19 heavy (non-hydrogen) atoms. The lowest BCUT2D eigenvalue weighted by molar-refractivity contribution is 0.101. The van der Waals surface area contributed by atoms with Crippen LogP contribution >= 0.6 is 11.6 Å². The number of nitrogen functional groups attached to an aromatic ring is 1. The second-order valence-electron chi connectivity index (χ2n) is 4.34. The maximum atomic E-state index is 12.2. The van der Waals surface area contributed by atoms with Crippen LogP contribution in [0.15, 0.2) is 18.2 Å². The van der Waals surface area contributed by atoms with Crippen LogP contribution in [-0.2, 0) is 7.05 Å². The van der Waals surface area contributed by atoms with Gasteiger partial charge in [0.2, 0.25) is 0 Å². The number of aryl methyl sites for hydroxylation is 2. The normalized spacial score (nSPS) is 10.5. The van der Waals surface area contributed by atoms with E-state index in [0.717, 1.165) is 5.56 Å². The molecule has 5 nitrogen and oxygen atoms in total. The Labute approximate surface area is 116 Å². The smallest absolute Gasteiger partial charge is 0.276 e. The van der Waals surface area contributed by atoms with Gasteiger partial charge in [-0.1, -0.05) is 17.7 Å². The van der Waals surface area contributed by atoms with Crippen molar-refractivity contribution in [3.8, 4) is 0 Å². The predicted molar refractivity (Wildman–Crippen MR) is 76.5 cm³/mol.